The van der Waals surface area contributed by atoms with E-state index in [-0.39, 0.29) is 5.78 Å². The minimum Gasteiger partial charge on any atom is -0.288 e. The van der Waals surface area contributed by atoms with Crippen molar-refractivity contribution in [2.45, 2.75) is 0 Å². The lowest BCUT2D eigenvalue weighted by molar-refractivity contribution is 0.103. The number of halogens is 2. The molecule has 0 unspecified atom stereocenters. The second-order valence-corrected chi connectivity index (χ2v) is 4.93. The molecule has 0 spiro atoms. The first-order valence-corrected chi connectivity index (χ1v) is 6.02. The van der Waals surface area contributed by atoms with Crippen molar-refractivity contribution in [3.8, 4) is 0 Å². The zero-order valence-corrected chi connectivity index (χ0v) is 11.4. The van der Waals surface area contributed by atoms with Crippen LogP contribution in [0.15, 0.2) is 30.6 Å². The molecule has 0 aliphatic rings. The molecule has 2 aromatic rings. The number of nitrogens with zero attached hydrogens (tertiary/aromatic N) is 2. The van der Waals surface area contributed by atoms with Crippen LogP contribution in [0.2, 0.25) is 5.02 Å². The number of aromatic nitrogens is 2. The highest BCUT2D eigenvalue weighted by atomic mass is 127. The number of ketones is 1. The normalized spacial score (nSPS) is 10.4. The van der Waals surface area contributed by atoms with Gasteiger partial charge in [0.1, 0.15) is 0 Å². The van der Waals surface area contributed by atoms with E-state index in [1.165, 1.54) is 0 Å². The summed E-state index contributed by atoms with van der Waals surface area (Å²) in [6, 6.07) is 5.27. The maximum Gasteiger partial charge on any atom is 0.196 e. The third-order valence-corrected chi connectivity index (χ3v) is 3.72. The van der Waals surface area contributed by atoms with Gasteiger partial charge in [-0.15, -0.1) is 0 Å². The quantitative estimate of drug-likeness (QED) is 0.619. The summed E-state index contributed by atoms with van der Waals surface area (Å²) in [7, 11) is 1.78. The Labute approximate surface area is 112 Å². The van der Waals surface area contributed by atoms with Gasteiger partial charge in [-0.1, -0.05) is 11.6 Å². The van der Waals surface area contributed by atoms with Crippen LogP contribution in [-0.2, 0) is 7.05 Å². The van der Waals surface area contributed by atoms with Gasteiger partial charge in [-0.3, -0.25) is 9.48 Å². The van der Waals surface area contributed by atoms with Crippen LogP contribution in [0.4, 0.5) is 0 Å². The van der Waals surface area contributed by atoms with Gasteiger partial charge in [-0.25, -0.2) is 0 Å². The molecule has 0 aliphatic heterocycles. The molecular formula is C11H8ClIN2O. The molecule has 0 saturated carbocycles. The molecule has 3 nitrogen and oxygen atoms in total. The van der Waals surface area contributed by atoms with Gasteiger partial charge < -0.3 is 0 Å². The molecule has 0 amide bonds. The third-order valence-electron chi connectivity index (χ3n) is 2.15. The van der Waals surface area contributed by atoms with E-state index in [2.05, 4.69) is 27.7 Å². The Morgan fingerprint density at radius 2 is 2.19 bits per heavy atom. The van der Waals surface area contributed by atoms with Gasteiger partial charge in [-0.05, 0) is 40.8 Å². The molecule has 5 heteroatoms. The Morgan fingerprint density at radius 3 is 2.75 bits per heavy atom. The number of carbonyl (C=O) groups is 1. The Balaban J connectivity index is 2.38. The molecule has 82 valence electrons. The number of benzene rings is 1. The third kappa shape index (κ3) is 2.27. The molecule has 0 atom stereocenters. The van der Waals surface area contributed by atoms with Crippen LogP contribution in [0.1, 0.15) is 15.9 Å². The fourth-order valence-corrected chi connectivity index (χ4v) is 1.86. The first-order valence-electron chi connectivity index (χ1n) is 4.56. The van der Waals surface area contributed by atoms with E-state index in [4.69, 9.17) is 11.6 Å². The summed E-state index contributed by atoms with van der Waals surface area (Å²) in [5.74, 6) is -0.0635. The number of carbonyl (C=O) groups excluding carboxylic acids is 1. The standard InChI is InChI=1S/C11H8ClIN2O/c1-15-6-8(5-14-15)11(16)7-2-3-10(13)9(12)4-7/h2-6H,1H3. The molecule has 1 aromatic carbocycles. The lowest BCUT2D eigenvalue weighted by Gasteiger charge is -2.00. The van der Waals surface area contributed by atoms with Crippen molar-refractivity contribution >= 4 is 40.0 Å². The predicted octanol–water partition coefficient (Wildman–Crippen LogP) is 2.91. The van der Waals surface area contributed by atoms with E-state index in [1.54, 1.807) is 36.3 Å². The van der Waals surface area contributed by atoms with Gasteiger partial charge in [0.05, 0.1) is 16.8 Å². The topological polar surface area (TPSA) is 34.9 Å². The van der Waals surface area contributed by atoms with Crippen LogP contribution in [-0.4, -0.2) is 15.6 Å². The van der Waals surface area contributed by atoms with Crippen LogP contribution in [0.25, 0.3) is 0 Å². The van der Waals surface area contributed by atoms with Crippen LogP contribution in [0.5, 0.6) is 0 Å². The van der Waals surface area contributed by atoms with Crippen LogP contribution < -0.4 is 0 Å². The van der Waals surface area contributed by atoms with Gasteiger partial charge in [0, 0.05) is 22.4 Å². The highest BCUT2D eigenvalue weighted by Crippen LogP contribution is 2.21. The van der Waals surface area contributed by atoms with Crippen LogP contribution >= 0.6 is 34.2 Å². The number of rotatable bonds is 2. The smallest absolute Gasteiger partial charge is 0.196 e. The summed E-state index contributed by atoms with van der Waals surface area (Å²) >= 11 is 8.09. The molecule has 0 fully saturated rings. The molecule has 16 heavy (non-hydrogen) atoms. The summed E-state index contributed by atoms with van der Waals surface area (Å²) in [4.78, 5) is 12.0. The fraction of sp³-hybridized carbons (Fsp3) is 0.0909. The lowest BCUT2D eigenvalue weighted by atomic mass is 10.1. The SMILES string of the molecule is Cn1cc(C(=O)c2ccc(I)c(Cl)c2)cn1. The molecule has 2 rings (SSSR count). The van der Waals surface area contributed by atoms with E-state index >= 15 is 0 Å². The summed E-state index contributed by atoms with van der Waals surface area (Å²) < 4.78 is 2.53. The molecule has 1 heterocycles. The fourth-order valence-electron chi connectivity index (χ4n) is 1.34. The largest absolute Gasteiger partial charge is 0.288 e. The molecule has 0 aliphatic carbocycles. The maximum absolute atomic E-state index is 12.0. The average molecular weight is 347 g/mol. The Hall–Kier alpha value is -0.880. The van der Waals surface area contributed by atoms with Gasteiger partial charge in [0.25, 0.3) is 0 Å². The molecule has 0 bridgehead atoms. The van der Waals surface area contributed by atoms with Crippen molar-refractivity contribution in [2.24, 2.45) is 7.05 Å². The van der Waals surface area contributed by atoms with Crippen molar-refractivity contribution in [3.63, 3.8) is 0 Å². The van der Waals surface area contributed by atoms with E-state index in [9.17, 15) is 4.79 Å². The van der Waals surface area contributed by atoms with E-state index in [1.807, 2.05) is 6.07 Å². The van der Waals surface area contributed by atoms with Gasteiger partial charge in [0.2, 0.25) is 0 Å². The first kappa shape index (κ1) is 11.6. The minimum absolute atomic E-state index is 0.0635. The van der Waals surface area contributed by atoms with E-state index < -0.39 is 0 Å². The van der Waals surface area contributed by atoms with Gasteiger partial charge in [0.15, 0.2) is 5.78 Å². The molecule has 0 N–H and O–H groups in total. The van der Waals surface area contributed by atoms with Crippen LogP contribution in [0, 0.1) is 3.57 Å². The Bertz CT molecular complexity index is 551. The lowest BCUT2D eigenvalue weighted by Crippen LogP contribution is -2.00. The van der Waals surface area contributed by atoms with Crippen molar-refractivity contribution in [1.29, 1.82) is 0 Å². The molecular weight excluding hydrogens is 338 g/mol. The number of aryl methyl sites for hydroxylation is 1. The summed E-state index contributed by atoms with van der Waals surface area (Å²) in [6.07, 6.45) is 3.24. The van der Waals surface area contributed by atoms with Crippen molar-refractivity contribution in [2.75, 3.05) is 0 Å². The van der Waals surface area contributed by atoms with Crippen molar-refractivity contribution < 1.29 is 4.79 Å². The van der Waals surface area contributed by atoms with E-state index in [0.717, 1.165) is 3.57 Å². The summed E-state index contributed by atoms with van der Waals surface area (Å²) in [6.45, 7) is 0. The minimum atomic E-state index is -0.0635. The number of hydrogen-bond acceptors (Lipinski definition) is 2. The maximum atomic E-state index is 12.0. The van der Waals surface area contributed by atoms with Crippen LogP contribution in [0.3, 0.4) is 0 Å². The summed E-state index contributed by atoms with van der Waals surface area (Å²) in [5, 5.41) is 4.56. The molecule has 0 radical (unpaired) electrons. The Morgan fingerprint density at radius 1 is 1.44 bits per heavy atom. The number of hydrogen-bond donors (Lipinski definition) is 0. The first-order chi connectivity index (χ1) is 7.58. The Kier molecular flexibility index (Phi) is 3.30. The van der Waals surface area contributed by atoms with Gasteiger partial charge >= 0.3 is 0 Å². The van der Waals surface area contributed by atoms with E-state index in [0.29, 0.717) is 16.1 Å². The summed E-state index contributed by atoms with van der Waals surface area (Å²) in [5.41, 5.74) is 1.15. The van der Waals surface area contributed by atoms with Gasteiger partial charge in [-0.2, -0.15) is 5.10 Å². The molecule has 1 aromatic heterocycles. The second-order valence-electron chi connectivity index (χ2n) is 3.36. The van der Waals surface area contributed by atoms with Crippen molar-refractivity contribution in [1.82, 2.24) is 9.78 Å². The predicted molar refractivity (Wildman–Crippen MR) is 70.8 cm³/mol. The zero-order chi connectivity index (χ0) is 11.7. The highest BCUT2D eigenvalue weighted by Gasteiger charge is 2.11. The molecule has 0 saturated heterocycles. The average Bonchev–Trinajstić information content (AvgIpc) is 2.68. The monoisotopic (exact) mass is 346 g/mol. The highest BCUT2D eigenvalue weighted by molar-refractivity contribution is 14.1. The van der Waals surface area contributed by atoms with Crippen molar-refractivity contribution in [3.05, 3.63) is 50.3 Å². The second kappa shape index (κ2) is 4.55. The zero-order valence-electron chi connectivity index (χ0n) is 8.45.